The van der Waals surface area contributed by atoms with Crippen LogP contribution in [0.2, 0.25) is 0 Å². The van der Waals surface area contributed by atoms with Gasteiger partial charge in [-0.3, -0.25) is 4.79 Å². The molecule has 3 heteroatoms. The van der Waals surface area contributed by atoms with Gasteiger partial charge in [-0.25, -0.2) is 0 Å². The van der Waals surface area contributed by atoms with Gasteiger partial charge in [0.1, 0.15) is 6.61 Å². The Kier molecular flexibility index (Phi) is 12.5. The molecule has 0 aliphatic rings. The molecule has 0 bridgehead atoms. The summed E-state index contributed by atoms with van der Waals surface area (Å²) >= 11 is 0. The van der Waals surface area contributed by atoms with Crippen LogP contribution < -0.4 is 0 Å². The molecule has 0 spiro atoms. The summed E-state index contributed by atoms with van der Waals surface area (Å²) in [7, 11) is 0. The second-order valence-electron chi connectivity index (χ2n) is 5.11. The van der Waals surface area contributed by atoms with Crippen LogP contribution in [-0.2, 0) is 9.53 Å². The molecule has 0 saturated carbocycles. The minimum absolute atomic E-state index is 0.121. The molecule has 0 aromatic heterocycles. The standard InChI is InChI=1S/C15H30O3/c1-3-4-5-6-7-8-9-10-11-12-15(17)18-13-14(2)16/h14,16H,3-13H2,1-2H3. The monoisotopic (exact) mass is 258 g/mol. The lowest BCUT2D eigenvalue weighted by Crippen LogP contribution is -2.14. The highest BCUT2D eigenvalue weighted by atomic mass is 16.5. The van der Waals surface area contributed by atoms with Crippen LogP contribution in [0.15, 0.2) is 0 Å². The van der Waals surface area contributed by atoms with Crippen molar-refractivity contribution < 1.29 is 14.6 Å². The Morgan fingerprint density at radius 1 is 1.00 bits per heavy atom. The first kappa shape index (κ1) is 17.4. The number of ether oxygens (including phenoxy) is 1. The van der Waals surface area contributed by atoms with Crippen molar-refractivity contribution in [2.45, 2.75) is 84.2 Å². The van der Waals surface area contributed by atoms with Gasteiger partial charge in [0.15, 0.2) is 0 Å². The zero-order valence-electron chi connectivity index (χ0n) is 12.1. The number of unbranched alkanes of at least 4 members (excludes halogenated alkanes) is 8. The topological polar surface area (TPSA) is 46.5 Å². The van der Waals surface area contributed by atoms with Crippen LogP contribution in [0.1, 0.15) is 78.1 Å². The van der Waals surface area contributed by atoms with Gasteiger partial charge in [0, 0.05) is 6.42 Å². The number of aliphatic hydroxyl groups is 1. The van der Waals surface area contributed by atoms with Crippen molar-refractivity contribution in [1.29, 1.82) is 0 Å². The van der Waals surface area contributed by atoms with E-state index in [0.717, 1.165) is 12.8 Å². The molecule has 0 aliphatic carbocycles. The Balaban J connectivity index is 3.12. The minimum atomic E-state index is -0.558. The van der Waals surface area contributed by atoms with Crippen molar-refractivity contribution in [2.75, 3.05) is 6.61 Å². The molecule has 0 heterocycles. The maximum atomic E-state index is 11.2. The number of carbonyl (C=O) groups is 1. The van der Waals surface area contributed by atoms with Crippen molar-refractivity contribution in [3.63, 3.8) is 0 Å². The first-order chi connectivity index (χ1) is 8.66. The van der Waals surface area contributed by atoms with Crippen molar-refractivity contribution in [1.82, 2.24) is 0 Å². The number of esters is 1. The van der Waals surface area contributed by atoms with Crippen LogP contribution in [0.5, 0.6) is 0 Å². The van der Waals surface area contributed by atoms with Gasteiger partial charge in [-0.2, -0.15) is 0 Å². The zero-order valence-corrected chi connectivity index (χ0v) is 12.1. The first-order valence-corrected chi connectivity index (χ1v) is 7.50. The molecule has 0 aromatic carbocycles. The smallest absolute Gasteiger partial charge is 0.305 e. The van der Waals surface area contributed by atoms with Gasteiger partial charge in [0.2, 0.25) is 0 Å². The van der Waals surface area contributed by atoms with E-state index in [-0.39, 0.29) is 12.6 Å². The first-order valence-electron chi connectivity index (χ1n) is 7.50. The predicted molar refractivity (Wildman–Crippen MR) is 74.5 cm³/mol. The summed E-state index contributed by atoms with van der Waals surface area (Å²) in [6, 6.07) is 0. The molecule has 0 fully saturated rings. The summed E-state index contributed by atoms with van der Waals surface area (Å²) in [6.45, 7) is 3.97. The van der Waals surface area contributed by atoms with Crippen molar-refractivity contribution in [3.05, 3.63) is 0 Å². The van der Waals surface area contributed by atoms with E-state index in [0.29, 0.717) is 6.42 Å². The number of aliphatic hydroxyl groups excluding tert-OH is 1. The van der Waals surface area contributed by atoms with E-state index in [4.69, 9.17) is 9.84 Å². The molecule has 1 atom stereocenters. The fraction of sp³-hybridized carbons (Fsp3) is 0.933. The molecule has 1 unspecified atom stereocenters. The van der Waals surface area contributed by atoms with E-state index >= 15 is 0 Å². The van der Waals surface area contributed by atoms with Crippen molar-refractivity contribution >= 4 is 5.97 Å². The largest absolute Gasteiger partial charge is 0.463 e. The fourth-order valence-electron chi connectivity index (χ4n) is 1.87. The summed E-state index contributed by atoms with van der Waals surface area (Å²) in [6.07, 6.45) is 11.1. The SMILES string of the molecule is CCCCCCCCCCCC(=O)OCC(C)O. The third-order valence-electron chi connectivity index (χ3n) is 2.97. The summed E-state index contributed by atoms with van der Waals surface area (Å²) < 4.78 is 4.89. The Morgan fingerprint density at radius 2 is 1.50 bits per heavy atom. The Hall–Kier alpha value is -0.570. The van der Waals surface area contributed by atoms with Gasteiger partial charge >= 0.3 is 5.97 Å². The normalized spacial score (nSPS) is 12.4. The summed E-state index contributed by atoms with van der Waals surface area (Å²) in [5.74, 6) is -0.182. The van der Waals surface area contributed by atoms with Crippen molar-refractivity contribution in [2.24, 2.45) is 0 Å². The van der Waals surface area contributed by atoms with Gasteiger partial charge in [0.05, 0.1) is 6.10 Å². The van der Waals surface area contributed by atoms with Crippen LogP contribution in [0.4, 0.5) is 0 Å². The third-order valence-corrected chi connectivity index (χ3v) is 2.97. The average molecular weight is 258 g/mol. The van der Waals surface area contributed by atoms with Crippen LogP contribution in [0, 0.1) is 0 Å². The van der Waals surface area contributed by atoms with Gasteiger partial charge in [-0.05, 0) is 13.3 Å². The van der Waals surface area contributed by atoms with E-state index in [1.54, 1.807) is 6.92 Å². The molecular formula is C15H30O3. The predicted octanol–water partition coefficient (Wildman–Crippen LogP) is 3.83. The highest BCUT2D eigenvalue weighted by Gasteiger charge is 2.04. The van der Waals surface area contributed by atoms with Gasteiger partial charge in [-0.15, -0.1) is 0 Å². The molecule has 18 heavy (non-hydrogen) atoms. The molecule has 0 aromatic rings. The van der Waals surface area contributed by atoms with Gasteiger partial charge in [-0.1, -0.05) is 58.3 Å². The minimum Gasteiger partial charge on any atom is -0.463 e. The molecule has 3 nitrogen and oxygen atoms in total. The molecule has 0 amide bonds. The second-order valence-corrected chi connectivity index (χ2v) is 5.11. The van der Waals surface area contributed by atoms with Crippen LogP contribution in [0.25, 0.3) is 0 Å². The van der Waals surface area contributed by atoms with Gasteiger partial charge in [0.25, 0.3) is 0 Å². The second kappa shape index (κ2) is 12.9. The number of hydrogen-bond donors (Lipinski definition) is 1. The molecule has 1 N–H and O–H groups in total. The number of carbonyl (C=O) groups excluding carboxylic acids is 1. The summed E-state index contributed by atoms with van der Waals surface area (Å²) in [5.41, 5.74) is 0. The van der Waals surface area contributed by atoms with E-state index < -0.39 is 6.10 Å². The third kappa shape index (κ3) is 13.5. The lowest BCUT2D eigenvalue weighted by Gasteiger charge is -2.06. The van der Waals surface area contributed by atoms with E-state index in [1.165, 1.54) is 44.9 Å². The van der Waals surface area contributed by atoms with Crippen molar-refractivity contribution in [3.8, 4) is 0 Å². The van der Waals surface area contributed by atoms with E-state index in [1.807, 2.05) is 0 Å². The van der Waals surface area contributed by atoms with Crippen LogP contribution >= 0.6 is 0 Å². The van der Waals surface area contributed by atoms with Crippen LogP contribution in [0.3, 0.4) is 0 Å². The maximum absolute atomic E-state index is 11.2. The zero-order chi connectivity index (χ0) is 13.6. The molecule has 108 valence electrons. The molecule has 0 aliphatic heterocycles. The lowest BCUT2D eigenvalue weighted by molar-refractivity contribution is -0.146. The van der Waals surface area contributed by atoms with E-state index in [2.05, 4.69) is 6.92 Å². The van der Waals surface area contributed by atoms with E-state index in [9.17, 15) is 4.79 Å². The lowest BCUT2D eigenvalue weighted by atomic mass is 10.1. The molecule has 0 saturated heterocycles. The molecule has 0 radical (unpaired) electrons. The van der Waals surface area contributed by atoms with Crippen LogP contribution in [-0.4, -0.2) is 23.8 Å². The highest BCUT2D eigenvalue weighted by Crippen LogP contribution is 2.10. The van der Waals surface area contributed by atoms with Gasteiger partial charge < -0.3 is 9.84 Å². The quantitative estimate of drug-likeness (QED) is 0.427. The Labute approximate surface area is 112 Å². The number of hydrogen-bond acceptors (Lipinski definition) is 3. The summed E-state index contributed by atoms with van der Waals surface area (Å²) in [5, 5.41) is 8.95. The molecular weight excluding hydrogens is 228 g/mol. The maximum Gasteiger partial charge on any atom is 0.305 e. The average Bonchev–Trinajstić information content (AvgIpc) is 2.34. The fourth-order valence-corrected chi connectivity index (χ4v) is 1.87. The number of rotatable bonds is 12. The summed E-state index contributed by atoms with van der Waals surface area (Å²) in [4.78, 5) is 11.2. The highest BCUT2D eigenvalue weighted by molar-refractivity contribution is 5.69. The Morgan fingerprint density at radius 3 is 2.00 bits per heavy atom. The molecule has 0 rings (SSSR count). The Bertz CT molecular complexity index is 190.